The third-order valence-electron chi connectivity index (χ3n) is 5.73. The number of ether oxygens (including phenoxy) is 2. The second-order valence-electron chi connectivity index (χ2n) is 7.99. The molecule has 2 rings (SSSR count). The van der Waals surface area contributed by atoms with Crippen LogP contribution in [0, 0.1) is 20.8 Å². The van der Waals surface area contributed by atoms with Gasteiger partial charge in [0.1, 0.15) is 5.75 Å². The highest BCUT2D eigenvalue weighted by molar-refractivity contribution is 7.90. The van der Waals surface area contributed by atoms with Crippen molar-refractivity contribution in [1.82, 2.24) is 9.62 Å². The molecule has 1 aromatic rings. The fourth-order valence-electron chi connectivity index (χ4n) is 3.54. The molecule has 0 bridgehead atoms. The number of nitrogens with zero attached hydrogens (tertiary/aromatic N) is 1. The van der Waals surface area contributed by atoms with Crippen molar-refractivity contribution in [2.75, 3.05) is 26.9 Å². The van der Waals surface area contributed by atoms with Gasteiger partial charge in [0.25, 0.3) is 5.91 Å². The molecular weight excluding hydrogens is 392 g/mol. The lowest BCUT2D eigenvalue weighted by molar-refractivity contribution is -0.139. The summed E-state index contributed by atoms with van der Waals surface area (Å²) in [6.07, 6.45) is 1.39. The van der Waals surface area contributed by atoms with Gasteiger partial charge in [0, 0.05) is 19.7 Å². The molecule has 29 heavy (non-hydrogen) atoms. The zero-order valence-electron chi connectivity index (χ0n) is 18.3. The monoisotopic (exact) mass is 426 g/mol. The fraction of sp³-hybridized carbons (Fsp3) is 0.667. The number of carbonyl (C=O) groups is 1. The predicted octanol–water partition coefficient (Wildman–Crippen LogP) is 2.32. The van der Waals surface area contributed by atoms with Crippen LogP contribution < -0.4 is 9.46 Å². The Kier molecular flexibility index (Phi) is 8.08. The summed E-state index contributed by atoms with van der Waals surface area (Å²) in [7, 11) is -1.89. The number of nitrogens with one attached hydrogen (secondary N) is 1. The number of methoxy groups -OCH3 is 1. The molecule has 1 amide bonds. The van der Waals surface area contributed by atoms with Crippen LogP contribution in [0.5, 0.6) is 5.75 Å². The average molecular weight is 427 g/mol. The van der Waals surface area contributed by atoms with Gasteiger partial charge in [-0.05, 0) is 70.2 Å². The van der Waals surface area contributed by atoms with Crippen molar-refractivity contribution in [1.29, 1.82) is 0 Å². The molecule has 1 aromatic carbocycles. The highest BCUT2D eigenvalue weighted by Gasteiger charge is 2.37. The third kappa shape index (κ3) is 5.71. The van der Waals surface area contributed by atoms with Crippen molar-refractivity contribution in [2.24, 2.45) is 0 Å². The van der Waals surface area contributed by atoms with Gasteiger partial charge in [-0.3, -0.25) is 4.79 Å². The van der Waals surface area contributed by atoms with Crippen LogP contribution in [-0.2, 0) is 19.6 Å². The Hall–Kier alpha value is -1.64. The minimum Gasteiger partial charge on any atom is -0.483 e. The number of rotatable bonds is 8. The van der Waals surface area contributed by atoms with Gasteiger partial charge in [-0.15, -0.1) is 0 Å². The first-order valence-corrected chi connectivity index (χ1v) is 11.6. The van der Waals surface area contributed by atoms with E-state index in [0.717, 1.165) is 17.5 Å². The van der Waals surface area contributed by atoms with E-state index < -0.39 is 15.3 Å². The second kappa shape index (κ2) is 9.91. The molecule has 0 saturated carbocycles. The van der Waals surface area contributed by atoms with E-state index in [1.165, 1.54) is 5.56 Å². The molecule has 8 heteroatoms. The summed E-state index contributed by atoms with van der Waals surface area (Å²) in [4.78, 5) is 14.6. The number of amides is 1. The zero-order chi connectivity index (χ0) is 21.8. The number of aryl methyl sites for hydroxylation is 1. The SMILES string of the molecule is COC[C@H]1[C@@H](NS(=O)(=O)C(C)C)CCCN1C(=O)COc1ccc(C)c(C)c1C. The highest BCUT2D eigenvalue weighted by atomic mass is 32.2. The number of sulfonamides is 1. The van der Waals surface area contributed by atoms with E-state index in [-0.39, 0.29) is 31.2 Å². The van der Waals surface area contributed by atoms with Crippen LogP contribution in [-0.4, -0.2) is 63.4 Å². The molecule has 0 aromatic heterocycles. The minimum atomic E-state index is -3.44. The largest absolute Gasteiger partial charge is 0.483 e. The molecule has 1 aliphatic heterocycles. The molecule has 1 N–H and O–H groups in total. The quantitative estimate of drug-likeness (QED) is 0.690. The van der Waals surface area contributed by atoms with Gasteiger partial charge in [-0.2, -0.15) is 0 Å². The molecule has 1 fully saturated rings. The van der Waals surface area contributed by atoms with Gasteiger partial charge in [-0.25, -0.2) is 13.1 Å². The molecule has 2 atom stereocenters. The Morgan fingerprint density at radius 2 is 1.93 bits per heavy atom. The van der Waals surface area contributed by atoms with Crippen molar-refractivity contribution < 1.29 is 22.7 Å². The summed E-state index contributed by atoms with van der Waals surface area (Å²) in [6.45, 7) is 10.1. The first-order chi connectivity index (χ1) is 13.6. The fourth-order valence-corrected chi connectivity index (χ4v) is 4.51. The van der Waals surface area contributed by atoms with Crippen LogP contribution in [0.2, 0.25) is 0 Å². The number of carbonyl (C=O) groups excluding carboxylic acids is 1. The van der Waals surface area contributed by atoms with E-state index in [9.17, 15) is 13.2 Å². The molecule has 1 saturated heterocycles. The van der Waals surface area contributed by atoms with Crippen LogP contribution in [0.3, 0.4) is 0 Å². The first kappa shape index (κ1) is 23.6. The molecule has 0 aliphatic carbocycles. The Morgan fingerprint density at radius 3 is 2.55 bits per heavy atom. The Labute approximate surface area is 174 Å². The Bertz CT molecular complexity index is 823. The van der Waals surface area contributed by atoms with E-state index in [1.54, 1.807) is 25.9 Å². The van der Waals surface area contributed by atoms with E-state index in [2.05, 4.69) is 4.72 Å². The van der Waals surface area contributed by atoms with Crippen LogP contribution in [0.1, 0.15) is 43.4 Å². The summed E-state index contributed by atoms with van der Waals surface area (Å²) in [5, 5.41) is -0.534. The smallest absolute Gasteiger partial charge is 0.260 e. The van der Waals surface area contributed by atoms with Crippen molar-refractivity contribution in [3.63, 3.8) is 0 Å². The molecule has 164 valence electrons. The number of piperidine rings is 1. The first-order valence-electron chi connectivity index (χ1n) is 10.1. The lowest BCUT2D eigenvalue weighted by Gasteiger charge is -2.41. The molecule has 1 heterocycles. The number of likely N-dealkylation sites (tertiary alicyclic amines) is 1. The zero-order valence-corrected chi connectivity index (χ0v) is 19.1. The number of hydrogen-bond acceptors (Lipinski definition) is 5. The summed E-state index contributed by atoms with van der Waals surface area (Å²) in [6, 6.07) is 3.13. The molecule has 1 aliphatic rings. The lowest BCUT2D eigenvalue weighted by Crippen LogP contribution is -2.60. The van der Waals surface area contributed by atoms with Crippen LogP contribution in [0.25, 0.3) is 0 Å². The molecular formula is C21H34N2O5S. The van der Waals surface area contributed by atoms with Gasteiger partial charge < -0.3 is 14.4 Å². The standard InChI is InChI=1S/C21H34N2O5S/c1-14(2)29(25,26)22-18-8-7-11-23(19(18)12-27-6)21(24)13-28-20-10-9-15(3)16(4)17(20)5/h9-10,14,18-19,22H,7-8,11-13H2,1-6H3/t18-,19-/m0/s1. The second-order valence-corrected chi connectivity index (χ2v) is 10.3. The predicted molar refractivity (Wildman–Crippen MR) is 114 cm³/mol. The Morgan fingerprint density at radius 1 is 1.24 bits per heavy atom. The van der Waals surface area contributed by atoms with Gasteiger partial charge in [0.15, 0.2) is 6.61 Å². The average Bonchev–Trinajstić information content (AvgIpc) is 2.66. The summed E-state index contributed by atoms with van der Waals surface area (Å²) in [5.74, 6) is 0.525. The lowest BCUT2D eigenvalue weighted by atomic mass is 9.97. The van der Waals surface area contributed by atoms with Crippen molar-refractivity contribution >= 4 is 15.9 Å². The van der Waals surface area contributed by atoms with E-state index in [1.807, 2.05) is 32.9 Å². The van der Waals surface area contributed by atoms with Gasteiger partial charge in [-0.1, -0.05) is 6.07 Å². The highest BCUT2D eigenvalue weighted by Crippen LogP contribution is 2.25. The number of benzene rings is 1. The molecule has 0 unspecified atom stereocenters. The van der Waals surface area contributed by atoms with E-state index in [4.69, 9.17) is 9.47 Å². The van der Waals surface area contributed by atoms with Gasteiger partial charge in [0.2, 0.25) is 10.0 Å². The number of hydrogen-bond donors (Lipinski definition) is 1. The maximum Gasteiger partial charge on any atom is 0.260 e. The van der Waals surface area contributed by atoms with Gasteiger partial charge in [0.05, 0.1) is 17.9 Å². The van der Waals surface area contributed by atoms with Crippen LogP contribution >= 0.6 is 0 Å². The summed E-state index contributed by atoms with van der Waals surface area (Å²) < 4.78 is 38.6. The van der Waals surface area contributed by atoms with Crippen molar-refractivity contribution in [3.8, 4) is 5.75 Å². The Balaban J connectivity index is 2.12. The normalized spacial score (nSPS) is 20.2. The summed E-state index contributed by atoms with van der Waals surface area (Å²) in [5.41, 5.74) is 3.35. The molecule has 0 spiro atoms. The maximum atomic E-state index is 12.9. The van der Waals surface area contributed by atoms with E-state index >= 15 is 0 Å². The van der Waals surface area contributed by atoms with Gasteiger partial charge >= 0.3 is 0 Å². The van der Waals surface area contributed by atoms with Crippen LogP contribution in [0.15, 0.2) is 12.1 Å². The van der Waals surface area contributed by atoms with Crippen molar-refractivity contribution in [2.45, 2.75) is 64.8 Å². The van der Waals surface area contributed by atoms with E-state index in [0.29, 0.717) is 18.7 Å². The van der Waals surface area contributed by atoms with Crippen molar-refractivity contribution in [3.05, 3.63) is 28.8 Å². The third-order valence-corrected chi connectivity index (χ3v) is 7.60. The summed E-state index contributed by atoms with van der Waals surface area (Å²) >= 11 is 0. The molecule has 0 radical (unpaired) electrons. The molecule has 7 nitrogen and oxygen atoms in total. The minimum absolute atomic E-state index is 0.0901. The maximum absolute atomic E-state index is 12.9. The van der Waals surface area contributed by atoms with Crippen LogP contribution in [0.4, 0.5) is 0 Å². The topological polar surface area (TPSA) is 84.9 Å².